The second kappa shape index (κ2) is 8.37. The SMILES string of the molecule is CN(CCCCCO)C(=O)COc1ccccc1N. The first-order valence-corrected chi connectivity index (χ1v) is 6.47. The van der Waals surface area contributed by atoms with Crippen molar-refractivity contribution < 1.29 is 14.6 Å². The lowest BCUT2D eigenvalue weighted by Gasteiger charge is -2.17. The van der Waals surface area contributed by atoms with Crippen molar-refractivity contribution in [3.05, 3.63) is 24.3 Å². The Kier molecular flexibility index (Phi) is 6.74. The van der Waals surface area contributed by atoms with Gasteiger partial charge in [0.2, 0.25) is 0 Å². The summed E-state index contributed by atoms with van der Waals surface area (Å²) in [5, 5.41) is 8.66. The van der Waals surface area contributed by atoms with Gasteiger partial charge in [0.25, 0.3) is 5.91 Å². The fraction of sp³-hybridized carbons (Fsp3) is 0.500. The number of nitrogens with two attached hydrogens (primary N) is 1. The van der Waals surface area contributed by atoms with Crippen LogP contribution >= 0.6 is 0 Å². The lowest BCUT2D eigenvalue weighted by molar-refractivity contribution is -0.132. The Bertz CT molecular complexity index is 396. The van der Waals surface area contributed by atoms with Gasteiger partial charge in [0.05, 0.1) is 5.69 Å². The van der Waals surface area contributed by atoms with Crippen LogP contribution < -0.4 is 10.5 Å². The predicted molar refractivity (Wildman–Crippen MR) is 74.9 cm³/mol. The van der Waals surface area contributed by atoms with E-state index < -0.39 is 0 Å². The lowest BCUT2D eigenvalue weighted by Crippen LogP contribution is -2.32. The fourth-order valence-corrected chi connectivity index (χ4v) is 1.62. The predicted octanol–water partition coefficient (Wildman–Crippen LogP) is 1.27. The number of aliphatic hydroxyl groups is 1. The number of nitrogens with zero attached hydrogens (tertiary/aromatic N) is 1. The molecule has 0 aliphatic carbocycles. The molecule has 5 heteroatoms. The lowest BCUT2D eigenvalue weighted by atomic mass is 10.2. The van der Waals surface area contributed by atoms with Gasteiger partial charge >= 0.3 is 0 Å². The molecule has 19 heavy (non-hydrogen) atoms. The normalized spacial score (nSPS) is 10.2. The molecular weight excluding hydrogens is 244 g/mol. The van der Waals surface area contributed by atoms with Gasteiger partial charge in [-0.25, -0.2) is 0 Å². The fourth-order valence-electron chi connectivity index (χ4n) is 1.62. The molecule has 0 saturated carbocycles. The second-order valence-corrected chi connectivity index (χ2v) is 4.43. The maximum atomic E-state index is 11.8. The van der Waals surface area contributed by atoms with Crippen LogP contribution in [-0.2, 0) is 4.79 Å². The number of carbonyl (C=O) groups excluding carboxylic acids is 1. The summed E-state index contributed by atoms with van der Waals surface area (Å²) in [4.78, 5) is 13.4. The third-order valence-corrected chi connectivity index (χ3v) is 2.85. The molecule has 5 nitrogen and oxygen atoms in total. The molecule has 3 N–H and O–H groups in total. The Morgan fingerprint density at radius 1 is 1.32 bits per heavy atom. The van der Waals surface area contributed by atoms with Crippen molar-refractivity contribution in [2.24, 2.45) is 0 Å². The molecule has 0 heterocycles. The minimum atomic E-state index is -0.0766. The first-order chi connectivity index (χ1) is 9.15. The zero-order chi connectivity index (χ0) is 14.1. The van der Waals surface area contributed by atoms with E-state index >= 15 is 0 Å². The molecule has 1 amide bonds. The van der Waals surface area contributed by atoms with Gasteiger partial charge in [-0.1, -0.05) is 12.1 Å². The maximum Gasteiger partial charge on any atom is 0.260 e. The van der Waals surface area contributed by atoms with Gasteiger partial charge < -0.3 is 20.5 Å². The van der Waals surface area contributed by atoms with E-state index in [0.717, 1.165) is 19.3 Å². The Hall–Kier alpha value is -1.75. The van der Waals surface area contributed by atoms with Crippen LogP contribution in [0.3, 0.4) is 0 Å². The second-order valence-electron chi connectivity index (χ2n) is 4.43. The molecule has 0 spiro atoms. The molecule has 1 aromatic rings. The molecule has 0 radical (unpaired) electrons. The third kappa shape index (κ3) is 5.61. The molecule has 0 atom stereocenters. The monoisotopic (exact) mass is 266 g/mol. The molecule has 106 valence electrons. The molecule has 0 fully saturated rings. The van der Waals surface area contributed by atoms with Gasteiger partial charge in [-0.2, -0.15) is 0 Å². The van der Waals surface area contributed by atoms with Crippen LogP contribution in [0.4, 0.5) is 5.69 Å². The molecule has 1 aromatic carbocycles. The van der Waals surface area contributed by atoms with E-state index in [1.54, 1.807) is 24.1 Å². The van der Waals surface area contributed by atoms with E-state index in [4.69, 9.17) is 15.6 Å². The number of anilines is 1. The van der Waals surface area contributed by atoms with Crippen LogP contribution in [0.25, 0.3) is 0 Å². The summed E-state index contributed by atoms with van der Waals surface area (Å²) < 4.78 is 5.39. The van der Waals surface area contributed by atoms with Gasteiger partial charge in [-0.05, 0) is 31.4 Å². The van der Waals surface area contributed by atoms with Gasteiger partial charge in [-0.15, -0.1) is 0 Å². The van der Waals surface area contributed by atoms with Crippen LogP contribution in [0.2, 0.25) is 0 Å². The zero-order valence-corrected chi connectivity index (χ0v) is 11.3. The molecule has 0 aliphatic heterocycles. The average molecular weight is 266 g/mol. The van der Waals surface area contributed by atoms with Gasteiger partial charge in [0.15, 0.2) is 6.61 Å². The summed E-state index contributed by atoms with van der Waals surface area (Å²) in [5.41, 5.74) is 6.25. The number of likely N-dealkylation sites (N-methyl/N-ethyl adjacent to an activating group) is 1. The number of para-hydroxylation sites is 2. The van der Waals surface area contributed by atoms with Crippen molar-refractivity contribution in [3.63, 3.8) is 0 Å². The molecule has 0 aromatic heterocycles. The van der Waals surface area contributed by atoms with Crippen LogP contribution in [0.15, 0.2) is 24.3 Å². The zero-order valence-electron chi connectivity index (χ0n) is 11.3. The summed E-state index contributed by atoms with van der Waals surface area (Å²) >= 11 is 0. The van der Waals surface area contributed by atoms with Crippen molar-refractivity contribution >= 4 is 11.6 Å². The number of ether oxygens (including phenoxy) is 1. The smallest absolute Gasteiger partial charge is 0.260 e. The van der Waals surface area contributed by atoms with Crippen LogP contribution in [0.1, 0.15) is 19.3 Å². The van der Waals surface area contributed by atoms with Gasteiger partial charge in [0, 0.05) is 20.2 Å². The highest BCUT2D eigenvalue weighted by Crippen LogP contribution is 2.19. The van der Waals surface area contributed by atoms with E-state index in [2.05, 4.69) is 0 Å². The minimum absolute atomic E-state index is 0.00921. The number of nitrogen functional groups attached to an aromatic ring is 1. The van der Waals surface area contributed by atoms with Crippen molar-refractivity contribution in [3.8, 4) is 5.75 Å². The number of amides is 1. The number of hydrogen-bond donors (Lipinski definition) is 2. The van der Waals surface area contributed by atoms with E-state index in [1.165, 1.54) is 0 Å². The summed E-state index contributed by atoms with van der Waals surface area (Å²) in [6.45, 7) is 0.866. The minimum Gasteiger partial charge on any atom is -0.482 e. The number of hydrogen-bond acceptors (Lipinski definition) is 4. The van der Waals surface area contributed by atoms with E-state index in [1.807, 2.05) is 12.1 Å². The largest absolute Gasteiger partial charge is 0.482 e. The molecule has 1 rings (SSSR count). The first kappa shape index (κ1) is 15.3. The van der Waals surface area contributed by atoms with Crippen LogP contribution in [0.5, 0.6) is 5.75 Å². The molecule has 0 saturated heterocycles. The third-order valence-electron chi connectivity index (χ3n) is 2.85. The molecular formula is C14H22N2O3. The Balaban J connectivity index is 2.28. The van der Waals surface area contributed by atoms with E-state index in [9.17, 15) is 4.79 Å². The highest BCUT2D eigenvalue weighted by atomic mass is 16.5. The number of benzene rings is 1. The van der Waals surface area contributed by atoms with Crippen molar-refractivity contribution in [1.29, 1.82) is 0 Å². The maximum absolute atomic E-state index is 11.8. The Labute approximate surface area is 114 Å². The summed E-state index contributed by atoms with van der Waals surface area (Å²) in [7, 11) is 1.75. The van der Waals surface area contributed by atoms with Crippen LogP contribution in [-0.4, -0.2) is 42.7 Å². The summed E-state index contributed by atoms with van der Waals surface area (Å²) in [6, 6.07) is 7.11. The number of carbonyl (C=O) groups is 1. The highest BCUT2D eigenvalue weighted by Gasteiger charge is 2.09. The standard InChI is InChI=1S/C14H22N2O3/c1-16(9-5-2-6-10-17)14(18)11-19-13-8-4-3-7-12(13)15/h3-4,7-8,17H,2,5-6,9-11,15H2,1H3. The Morgan fingerprint density at radius 3 is 2.74 bits per heavy atom. The molecule has 0 unspecified atom stereocenters. The summed E-state index contributed by atoms with van der Waals surface area (Å²) in [6.07, 6.45) is 2.58. The summed E-state index contributed by atoms with van der Waals surface area (Å²) in [5.74, 6) is 0.455. The topological polar surface area (TPSA) is 75.8 Å². The number of unbranched alkanes of at least 4 members (excludes halogenated alkanes) is 2. The van der Waals surface area contributed by atoms with Crippen molar-refractivity contribution in [2.75, 3.05) is 32.5 Å². The van der Waals surface area contributed by atoms with Crippen molar-refractivity contribution in [1.82, 2.24) is 4.90 Å². The Morgan fingerprint density at radius 2 is 2.05 bits per heavy atom. The highest BCUT2D eigenvalue weighted by molar-refractivity contribution is 5.77. The van der Waals surface area contributed by atoms with Gasteiger partial charge in [0.1, 0.15) is 5.75 Å². The molecule has 0 aliphatic rings. The van der Waals surface area contributed by atoms with E-state index in [0.29, 0.717) is 18.0 Å². The first-order valence-electron chi connectivity index (χ1n) is 6.47. The molecule has 0 bridgehead atoms. The average Bonchev–Trinajstić information content (AvgIpc) is 2.42. The van der Waals surface area contributed by atoms with Gasteiger partial charge in [-0.3, -0.25) is 4.79 Å². The van der Waals surface area contributed by atoms with Crippen LogP contribution in [0, 0.1) is 0 Å². The number of aliphatic hydroxyl groups excluding tert-OH is 1. The number of rotatable bonds is 8. The van der Waals surface area contributed by atoms with Crippen molar-refractivity contribution in [2.45, 2.75) is 19.3 Å². The quantitative estimate of drug-likeness (QED) is 0.549. The van der Waals surface area contributed by atoms with E-state index in [-0.39, 0.29) is 19.1 Å².